The number of methoxy groups -OCH3 is 3. The molecule has 1 heterocycles. The van der Waals surface area contributed by atoms with Gasteiger partial charge >= 0.3 is 0 Å². The summed E-state index contributed by atoms with van der Waals surface area (Å²) in [5, 5.41) is 5.83. The van der Waals surface area contributed by atoms with E-state index in [1.165, 1.54) is 14.2 Å². The minimum atomic E-state index is -0.375. The van der Waals surface area contributed by atoms with Gasteiger partial charge in [0.25, 0.3) is 11.8 Å². The first-order valence-electron chi connectivity index (χ1n) is 10.8. The Morgan fingerprint density at radius 1 is 0.969 bits per heavy atom. The Balaban J connectivity index is 1.86. The van der Waals surface area contributed by atoms with E-state index in [9.17, 15) is 9.59 Å². The summed E-state index contributed by atoms with van der Waals surface area (Å²) in [4.78, 5) is 28.2. The number of rotatable bonds is 10. The van der Waals surface area contributed by atoms with E-state index >= 15 is 0 Å². The maximum absolute atomic E-state index is 13.0. The van der Waals surface area contributed by atoms with Gasteiger partial charge in [-0.05, 0) is 49.6 Å². The Bertz CT molecular complexity index is 919. The van der Waals surface area contributed by atoms with Crippen molar-refractivity contribution in [2.24, 2.45) is 0 Å². The molecule has 32 heavy (non-hydrogen) atoms. The second-order valence-electron chi connectivity index (χ2n) is 7.52. The molecule has 1 fully saturated rings. The number of nitrogens with zero attached hydrogens (tertiary/aromatic N) is 1. The van der Waals surface area contributed by atoms with Gasteiger partial charge in [0.1, 0.15) is 17.1 Å². The number of ether oxygens (including phenoxy) is 3. The van der Waals surface area contributed by atoms with Crippen LogP contribution in [0.25, 0.3) is 0 Å². The zero-order valence-electron chi connectivity index (χ0n) is 18.9. The van der Waals surface area contributed by atoms with Crippen LogP contribution in [0.4, 0.5) is 11.4 Å². The van der Waals surface area contributed by atoms with Crippen LogP contribution in [-0.4, -0.2) is 59.4 Å². The highest BCUT2D eigenvalue weighted by atomic mass is 16.5. The van der Waals surface area contributed by atoms with Crippen LogP contribution in [-0.2, 0) is 4.74 Å². The molecule has 0 spiro atoms. The largest absolute Gasteiger partial charge is 0.496 e. The topological polar surface area (TPSA) is 89.1 Å². The van der Waals surface area contributed by atoms with Crippen LogP contribution < -0.4 is 25.0 Å². The molecular weight excluding hydrogens is 410 g/mol. The normalized spacial score (nSPS) is 13.0. The van der Waals surface area contributed by atoms with Crippen LogP contribution in [0.2, 0.25) is 0 Å². The fraction of sp³-hybridized carbons (Fsp3) is 0.417. The van der Waals surface area contributed by atoms with E-state index in [1.54, 1.807) is 31.4 Å². The summed E-state index contributed by atoms with van der Waals surface area (Å²) in [6, 6.07) is 10.6. The van der Waals surface area contributed by atoms with E-state index in [1.807, 2.05) is 12.1 Å². The lowest BCUT2D eigenvalue weighted by atomic mass is 10.1. The zero-order chi connectivity index (χ0) is 22.9. The van der Waals surface area contributed by atoms with Crippen molar-refractivity contribution < 1.29 is 23.8 Å². The monoisotopic (exact) mass is 441 g/mol. The third kappa shape index (κ3) is 5.50. The highest BCUT2D eigenvalue weighted by Gasteiger charge is 2.22. The molecule has 0 radical (unpaired) electrons. The second kappa shape index (κ2) is 11.4. The summed E-state index contributed by atoms with van der Waals surface area (Å²) >= 11 is 0. The maximum atomic E-state index is 13.0. The molecule has 3 rings (SSSR count). The third-order valence-corrected chi connectivity index (χ3v) is 5.41. The predicted molar refractivity (Wildman–Crippen MR) is 124 cm³/mol. The quantitative estimate of drug-likeness (QED) is 0.550. The number of hydrogen-bond donors (Lipinski definition) is 2. The minimum Gasteiger partial charge on any atom is -0.496 e. The Labute approximate surface area is 188 Å². The van der Waals surface area contributed by atoms with Crippen molar-refractivity contribution in [2.75, 3.05) is 57.8 Å². The van der Waals surface area contributed by atoms with E-state index in [2.05, 4.69) is 15.5 Å². The maximum Gasteiger partial charge on any atom is 0.263 e. The van der Waals surface area contributed by atoms with E-state index in [0.717, 1.165) is 38.0 Å². The van der Waals surface area contributed by atoms with Gasteiger partial charge in [0, 0.05) is 44.7 Å². The molecular formula is C24H31N3O5. The van der Waals surface area contributed by atoms with Crippen molar-refractivity contribution in [3.63, 3.8) is 0 Å². The van der Waals surface area contributed by atoms with Crippen molar-refractivity contribution in [3.8, 4) is 11.5 Å². The van der Waals surface area contributed by atoms with Gasteiger partial charge in [-0.2, -0.15) is 0 Å². The summed E-state index contributed by atoms with van der Waals surface area (Å²) in [6.07, 6.45) is 2.92. The molecule has 8 nitrogen and oxygen atoms in total. The smallest absolute Gasteiger partial charge is 0.263 e. The highest BCUT2D eigenvalue weighted by Crippen LogP contribution is 2.31. The molecule has 1 aliphatic heterocycles. The van der Waals surface area contributed by atoms with Gasteiger partial charge in [-0.1, -0.05) is 6.07 Å². The molecule has 2 aromatic rings. The average molecular weight is 442 g/mol. The van der Waals surface area contributed by atoms with E-state index in [4.69, 9.17) is 14.2 Å². The average Bonchev–Trinajstić information content (AvgIpc) is 3.35. The van der Waals surface area contributed by atoms with Crippen LogP contribution in [0.3, 0.4) is 0 Å². The standard InChI is InChI=1S/C24H31N3O5/c1-30-15-7-12-25-23(28)18-16-17(10-11-19(18)27-13-4-5-14-27)26-24(29)22-20(31-2)8-6-9-21(22)32-3/h6,8-11,16H,4-5,7,12-15H2,1-3H3,(H,25,28)(H,26,29). The molecule has 0 aromatic heterocycles. The van der Waals surface area contributed by atoms with Crippen LogP contribution in [0.5, 0.6) is 11.5 Å². The lowest BCUT2D eigenvalue weighted by molar-refractivity contribution is 0.0947. The minimum absolute atomic E-state index is 0.172. The van der Waals surface area contributed by atoms with Gasteiger partial charge in [-0.3, -0.25) is 9.59 Å². The van der Waals surface area contributed by atoms with Crippen LogP contribution in [0.1, 0.15) is 40.0 Å². The van der Waals surface area contributed by atoms with Gasteiger partial charge < -0.3 is 29.7 Å². The van der Waals surface area contributed by atoms with Crippen molar-refractivity contribution >= 4 is 23.2 Å². The molecule has 0 saturated carbocycles. The summed E-state index contributed by atoms with van der Waals surface area (Å²) in [7, 11) is 4.64. The van der Waals surface area contributed by atoms with Gasteiger partial charge in [-0.25, -0.2) is 0 Å². The van der Waals surface area contributed by atoms with Crippen molar-refractivity contribution in [1.29, 1.82) is 0 Å². The number of nitrogens with one attached hydrogen (secondary N) is 2. The van der Waals surface area contributed by atoms with E-state index in [0.29, 0.717) is 41.5 Å². The van der Waals surface area contributed by atoms with Crippen molar-refractivity contribution in [3.05, 3.63) is 47.5 Å². The van der Waals surface area contributed by atoms with Crippen LogP contribution in [0.15, 0.2) is 36.4 Å². The lowest BCUT2D eigenvalue weighted by Gasteiger charge is -2.22. The first-order valence-corrected chi connectivity index (χ1v) is 10.8. The predicted octanol–water partition coefficient (Wildman–Crippen LogP) is 3.32. The first-order chi connectivity index (χ1) is 15.6. The molecule has 172 valence electrons. The Hall–Kier alpha value is -3.26. The highest BCUT2D eigenvalue weighted by molar-refractivity contribution is 6.09. The van der Waals surface area contributed by atoms with Gasteiger partial charge in [0.2, 0.25) is 0 Å². The summed E-state index contributed by atoms with van der Waals surface area (Å²) in [5.41, 5.74) is 2.23. The second-order valence-corrected chi connectivity index (χ2v) is 7.52. The number of amides is 2. The van der Waals surface area contributed by atoms with Crippen LogP contribution >= 0.6 is 0 Å². The molecule has 0 atom stereocenters. The molecule has 0 unspecified atom stereocenters. The molecule has 8 heteroatoms. The van der Waals surface area contributed by atoms with Crippen LogP contribution in [0, 0.1) is 0 Å². The number of benzene rings is 2. The number of carbonyl (C=O) groups excluding carboxylic acids is 2. The Morgan fingerprint density at radius 2 is 1.66 bits per heavy atom. The van der Waals surface area contributed by atoms with Crippen molar-refractivity contribution in [1.82, 2.24) is 5.32 Å². The number of carbonyl (C=O) groups is 2. The summed E-state index contributed by atoms with van der Waals surface area (Å²) in [6.45, 7) is 2.92. The lowest BCUT2D eigenvalue weighted by Crippen LogP contribution is -2.29. The van der Waals surface area contributed by atoms with Crippen molar-refractivity contribution in [2.45, 2.75) is 19.3 Å². The number of hydrogen-bond acceptors (Lipinski definition) is 6. The molecule has 2 amide bonds. The molecule has 2 N–H and O–H groups in total. The van der Waals surface area contributed by atoms with Gasteiger partial charge in [0.05, 0.1) is 19.8 Å². The SMILES string of the molecule is COCCCNC(=O)c1cc(NC(=O)c2c(OC)cccc2OC)ccc1N1CCCC1. The molecule has 0 bridgehead atoms. The molecule has 2 aromatic carbocycles. The molecule has 1 saturated heterocycles. The van der Waals surface area contributed by atoms with E-state index in [-0.39, 0.29) is 11.8 Å². The Morgan fingerprint density at radius 3 is 2.28 bits per heavy atom. The third-order valence-electron chi connectivity index (χ3n) is 5.41. The summed E-state index contributed by atoms with van der Waals surface area (Å²) < 4.78 is 15.7. The van der Waals surface area contributed by atoms with Gasteiger partial charge in [-0.15, -0.1) is 0 Å². The zero-order valence-corrected chi connectivity index (χ0v) is 18.9. The van der Waals surface area contributed by atoms with Gasteiger partial charge in [0.15, 0.2) is 0 Å². The molecule has 1 aliphatic rings. The number of anilines is 2. The summed E-state index contributed by atoms with van der Waals surface area (Å²) in [5.74, 6) is 0.270. The Kier molecular flexibility index (Phi) is 8.33. The fourth-order valence-corrected chi connectivity index (χ4v) is 3.81. The van der Waals surface area contributed by atoms with E-state index < -0.39 is 0 Å². The first kappa shape index (κ1) is 23.4. The fourth-order valence-electron chi connectivity index (χ4n) is 3.81. The molecule has 0 aliphatic carbocycles.